The van der Waals surface area contributed by atoms with Gasteiger partial charge in [0.05, 0.1) is 35.2 Å². The molecule has 0 spiro atoms. The van der Waals surface area contributed by atoms with Gasteiger partial charge in [-0.05, 0) is 83.1 Å². The third-order valence-electron chi connectivity index (χ3n) is 30.6. The molecule has 4 fully saturated rings. The quantitative estimate of drug-likeness (QED) is 0.0539. The Kier molecular flexibility index (Phi) is 32.0. The van der Waals surface area contributed by atoms with Gasteiger partial charge in [-0.1, -0.05) is 579 Å². The first kappa shape index (κ1) is 93.3. The molecule has 0 bridgehead atoms. The Bertz CT molecular complexity index is 4160. The Morgan fingerprint density at radius 2 is 0.314 bits per heavy atom. The van der Waals surface area contributed by atoms with Crippen LogP contribution >= 0.6 is 0 Å². The Morgan fingerprint density at radius 1 is 0.190 bits per heavy atom. The van der Waals surface area contributed by atoms with E-state index in [0.29, 0.717) is 0 Å². The van der Waals surface area contributed by atoms with Gasteiger partial charge in [0.25, 0.3) is 0 Å². The number of hydrogen-bond acceptors (Lipinski definition) is 0. The minimum Gasteiger partial charge on any atom is -0.647 e. The molecule has 121 heavy (non-hydrogen) atoms. The van der Waals surface area contributed by atoms with Crippen LogP contribution in [0.25, 0.3) is 21.3 Å². The normalized spacial score (nSPS) is 23.9. The Labute approximate surface area is 755 Å². The summed E-state index contributed by atoms with van der Waals surface area (Å²) in [5, 5.41) is 36.2. The van der Waals surface area contributed by atoms with Crippen LogP contribution in [-0.4, -0.2) is 78.0 Å². The van der Waals surface area contributed by atoms with Gasteiger partial charge in [0, 0.05) is 0 Å². The predicted octanol–water partition coefficient (Wildman–Crippen LogP) is 24.4. The van der Waals surface area contributed by atoms with Crippen LogP contribution in [0.2, 0.25) is 0 Å². The standard InChI is InChI=1S/4C28H36NSi.Ti/c4*1-22-21-27(4,24(3)23(22)2)29-28(19-13-5-6-14-20-28)30(25-15-9-7-10-16-25)26-17-11-8-12-18-26;/h4*7-12,15-18,21,30H,5-6,13-14,19-20H2,1-4H3;/q4*-1;+4. The molecule has 0 N–H and O–H groups in total. The van der Waals surface area contributed by atoms with E-state index in [0.717, 1.165) is 0 Å². The molecule has 0 aliphatic heterocycles. The smallest absolute Gasteiger partial charge is 0.647 e. The van der Waals surface area contributed by atoms with Crippen molar-refractivity contribution >= 4 is 76.7 Å². The van der Waals surface area contributed by atoms with Crippen molar-refractivity contribution in [3.63, 3.8) is 0 Å². The molecule has 8 aliphatic rings. The molecule has 8 aromatic rings. The fraction of sp³-hybridized carbons (Fsp3) is 0.429. The van der Waals surface area contributed by atoms with Crippen LogP contribution in [0.15, 0.2) is 334 Å². The SMILES string of the molecule is CC1=CC(C)([N-]C2([SiH](c3ccccc3)c3ccccc3)CCCCCC2)C(C)=C1C.CC1=CC(C)([N-]C2([SiH](c3ccccc3)c3ccccc3)CCCCCC2)C(C)=C1C.CC1=CC(C)([N-]C2([SiH](c3ccccc3)c3ccccc3)CCCCCC2)C(C)=C1C.CC1=CC(C)([N-]C2([SiH](c3ccccc3)c3ccccc3)CCCCCC2)C(C)=C1C.[Ti+4]. The maximum absolute atomic E-state index is 5.92. The molecule has 0 heterocycles. The van der Waals surface area contributed by atoms with E-state index in [4.69, 9.17) is 21.3 Å². The maximum atomic E-state index is 5.92. The van der Waals surface area contributed by atoms with E-state index in [2.05, 4.69) is 378 Å². The first-order chi connectivity index (χ1) is 57.8. The van der Waals surface area contributed by atoms with Gasteiger partial charge in [-0.2, -0.15) is 0 Å². The molecule has 9 heteroatoms. The van der Waals surface area contributed by atoms with Crippen molar-refractivity contribution in [1.29, 1.82) is 0 Å². The van der Waals surface area contributed by atoms with Crippen LogP contribution in [0.5, 0.6) is 0 Å². The minimum absolute atomic E-state index is 0. The van der Waals surface area contributed by atoms with Crippen LogP contribution in [-0.2, 0) is 21.7 Å². The van der Waals surface area contributed by atoms with Gasteiger partial charge in [-0.25, -0.2) is 0 Å². The second kappa shape index (κ2) is 41.5. The topological polar surface area (TPSA) is 56.4 Å². The minimum atomic E-state index is -1.58. The summed E-state index contributed by atoms with van der Waals surface area (Å²) in [6, 6.07) is 90.7. The molecule has 632 valence electrons. The molecule has 4 unspecified atom stereocenters. The maximum Gasteiger partial charge on any atom is 4.00 e. The zero-order chi connectivity index (χ0) is 84.8. The summed E-state index contributed by atoms with van der Waals surface area (Å²) < 4.78 is 0. The Morgan fingerprint density at radius 3 is 0.421 bits per heavy atom. The van der Waals surface area contributed by atoms with Crippen LogP contribution in [0, 0.1) is 0 Å². The third kappa shape index (κ3) is 21.1. The van der Waals surface area contributed by atoms with E-state index >= 15 is 0 Å². The van der Waals surface area contributed by atoms with Crippen LogP contribution in [0.3, 0.4) is 0 Å². The van der Waals surface area contributed by atoms with Crippen molar-refractivity contribution in [3.05, 3.63) is 355 Å². The van der Waals surface area contributed by atoms with E-state index in [-0.39, 0.29) is 64.5 Å². The van der Waals surface area contributed by atoms with Crippen LogP contribution < -0.4 is 41.5 Å². The zero-order valence-corrected chi connectivity index (χ0v) is 83.2. The third-order valence-corrected chi connectivity index (χ3v) is 46.1. The largest absolute Gasteiger partial charge is 4.00 e. The molecule has 0 radical (unpaired) electrons. The number of rotatable bonds is 20. The Hall–Kier alpha value is -6.90. The second-order valence-corrected chi connectivity index (χ2v) is 51.5. The molecule has 0 amide bonds. The summed E-state index contributed by atoms with van der Waals surface area (Å²) in [4.78, 5) is 0. The van der Waals surface area contributed by atoms with Gasteiger partial charge in [-0.15, -0.1) is 20.6 Å². The summed E-state index contributed by atoms with van der Waals surface area (Å²) in [5.74, 6) is 0. The molecule has 16 rings (SSSR count). The molecule has 0 aromatic heterocycles. The Balaban J connectivity index is 0.000000147. The fourth-order valence-electron chi connectivity index (χ4n) is 23.2. The van der Waals surface area contributed by atoms with Crippen molar-refractivity contribution in [3.8, 4) is 0 Å². The van der Waals surface area contributed by atoms with Gasteiger partial charge in [0.1, 0.15) is 0 Å². The monoisotopic (exact) mass is 1700 g/mol. The van der Waals surface area contributed by atoms with Crippen molar-refractivity contribution in [2.45, 2.75) is 308 Å². The van der Waals surface area contributed by atoms with E-state index in [1.54, 1.807) is 0 Å². The van der Waals surface area contributed by atoms with Crippen molar-refractivity contribution < 1.29 is 21.7 Å². The van der Waals surface area contributed by atoms with Crippen molar-refractivity contribution in [1.82, 2.24) is 0 Å². The van der Waals surface area contributed by atoms with E-state index < -0.39 is 35.2 Å². The fourth-order valence-corrected chi connectivity index (χ4v) is 40.1. The van der Waals surface area contributed by atoms with Gasteiger partial charge in [0.15, 0.2) is 0 Å². The van der Waals surface area contributed by atoms with Gasteiger partial charge >= 0.3 is 21.7 Å². The van der Waals surface area contributed by atoms with Gasteiger partial charge in [-0.3, -0.25) is 0 Å². The number of allylic oxidation sites excluding steroid dienone is 8. The summed E-state index contributed by atoms with van der Waals surface area (Å²) in [7, 11) is -6.33. The first-order valence-corrected chi connectivity index (χ1v) is 53.6. The molecule has 4 saturated carbocycles. The second-order valence-electron chi connectivity index (χ2n) is 38.4. The molecule has 4 atom stereocenters. The summed E-state index contributed by atoms with van der Waals surface area (Å²) in [6.07, 6.45) is 40.7. The zero-order valence-electron chi connectivity index (χ0n) is 77.0. The number of benzene rings is 8. The average Bonchev–Trinajstić information content (AvgIpc) is 1.68. The molecular formula is C112H144N4Si4Ti. The van der Waals surface area contributed by atoms with E-state index in [1.807, 2.05) is 0 Å². The van der Waals surface area contributed by atoms with Crippen LogP contribution in [0.1, 0.15) is 265 Å². The summed E-state index contributed by atoms with van der Waals surface area (Å²) >= 11 is 0. The van der Waals surface area contributed by atoms with Gasteiger partial charge in [0.2, 0.25) is 0 Å². The number of hydrogen-bond donors (Lipinski definition) is 0. The van der Waals surface area contributed by atoms with Gasteiger partial charge < -0.3 is 21.3 Å². The van der Waals surface area contributed by atoms with E-state index in [9.17, 15) is 0 Å². The molecular weight excluding hydrogens is 1560 g/mol. The molecule has 0 saturated heterocycles. The molecule has 8 aliphatic carbocycles. The summed E-state index contributed by atoms with van der Waals surface area (Å²) in [5.41, 5.74) is 16.4. The number of nitrogens with zero attached hydrogens (tertiary/aromatic N) is 4. The van der Waals surface area contributed by atoms with Crippen LogP contribution in [0.4, 0.5) is 0 Å². The first-order valence-electron chi connectivity index (χ1n) is 46.7. The van der Waals surface area contributed by atoms with Crippen molar-refractivity contribution in [2.24, 2.45) is 0 Å². The predicted molar refractivity (Wildman–Crippen MR) is 535 cm³/mol. The average molecular weight is 1710 g/mol. The molecule has 4 nitrogen and oxygen atoms in total. The molecule has 8 aromatic carbocycles. The van der Waals surface area contributed by atoms with E-state index in [1.165, 1.54) is 262 Å². The van der Waals surface area contributed by atoms with Crippen molar-refractivity contribution in [2.75, 3.05) is 0 Å². The summed E-state index contributed by atoms with van der Waals surface area (Å²) in [6.45, 7) is 36.7.